The highest BCUT2D eigenvalue weighted by Gasteiger charge is 2.20. The molecule has 0 bridgehead atoms. The molecule has 3 rings (SSSR count). The quantitative estimate of drug-likeness (QED) is 0.781. The highest BCUT2D eigenvalue weighted by molar-refractivity contribution is 6.32. The van der Waals surface area contributed by atoms with E-state index < -0.39 is 0 Å². The molecule has 1 unspecified atom stereocenters. The van der Waals surface area contributed by atoms with Gasteiger partial charge >= 0.3 is 0 Å². The zero-order chi connectivity index (χ0) is 19.2. The van der Waals surface area contributed by atoms with Crippen molar-refractivity contribution in [1.29, 1.82) is 0 Å². The maximum absolute atomic E-state index is 12.4. The van der Waals surface area contributed by atoms with Crippen molar-refractivity contribution < 1.29 is 19.0 Å². The minimum absolute atomic E-state index is 0.00447. The monoisotopic (exact) mass is 391 g/mol. The number of halogens is 1. The molecule has 27 heavy (non-hydrogen) atoms. The molecule has 1 saturated heterocycles. The molecule has 8 heteroatoms. The molecule has 7 nitrogen and oxygen atoms in total. The number of aromatic nitrogens is 2. The number of nitrogens with one attached hydrogen (secondary N) is 1. The summed E-state index contributed by atoms with van der Waals surface area (Å²) in [7, 11) is 0. The number of pyridine rings is 2. The van der Waals surface area contributed by atoms with E-state index in [1.807, 2.05) is 19.9 Å². The van der Waals surface area contributed by atoms with E-state index in [9.17, 15) is 4.79 Å². The lowest BCUT2D eigenvalue weighted by Gasteiger charge is -2.14. The molecule has 2 aromatic heterocycles. The summed E-state index contributed by atoms with van der Waals surface area (Å²) in [4.78, 5) is 20.8. The fourth-order valence-electron chi connectivity index (χ4n) is 2.57. The molecular formula is C19H22ClN3O4. The third-order valence-corrected chi connectivity index (χ3v) is 4.14. The molecule has 0 radical (unpaired) electrons. The molecule has 0 aliphatic carbocycles. The minimum atomic E-state index is -0.292. The Hall–Kier alpha value is -2.38. The smallest absolute Gasteiger partial charge is 0.253 e. The van der Waals surface area contributed by atoms with Crippen molar-refractivity contribution in [1.82, 2.24) is 15.3 Å². The number of ether oxygens (including phenoxy) is 3. The second-order valence-electron chi connectivity index (χ2n) is 6.43. The predicted octanol–water partition coefficient (Wildman–Crippen LogP) is 3.01. The SMILES string of the molecule is CC(C)Oc1ncccc1CNC(=O)c1cnc(OC2CCOC2)c(Cl)c1. The lowest BCUT2D eigenvalue weighted by molar-refractivity contribution is 0.0949. The lowest BCUT2D eigenvalue weighted by Crippen LogP contribution is -2.24. The number of carbonyl (C=O) groups excluding carboxylic acids is 1. The van der Waals surface area contributed by atoms with Crippen LogP contribution in [0.3, 0.4) is 0 Å². The van der Waals surface area contributed by atoms with E-state index in [0.29, 0.717) is 35.6 Å². The summed E-state index contributed by atoms with van der Waals surface area (Å²) in [6.45, 7) is 5.31. The zero-order valence-corrected chi connectivity index (χ0v) is 16.0. The first-order valence-electron chi connectivity index (χ1n) is 8.81. The van der Waals surface area contributed by atoms with E-state index in [1.54, 1.807) is 18.3 Å². The highest BCUT2D eigenvalue weighted by atomic mass is 35.5. The van der Waals surface area contributed by atoms with Gasteiger partial charge in [0.15, 0.2) is 0 Å². The predicted molar refractivity (Wildman–Crippen MR) is 100 cm³/mol. The van der Waals surface area contributed by atoms with Gasteiger partial charge in [-0.3, -0.25) is 4.79 Å². The van der Waals surface area contributed by atoms with Gasteiger partial charge in [0.1, 0.15) is 11.1 Å². The fraction of sp³-hybridized carbons (Fsp3) is 0.421. The average molecular weight is 392 g/mol. The number of hydrogen-bond donors (Lipinski definition) is 1. The van der Waals surface area contributed by atoms with Gasteiger partial charge in [-0.1, -0.05) is 17.7 Å². The van der Waals surface area contributed by atoms with Crippen LogP contribution < -0.4 is 14.8 Å². The van der Waals surface area contributed by atoms with Crippen LogP contribution in [-0.4, -0.2) is 41.3 Å². The van der Waals surface area contributed by atoms with E-state index in [-0.39, 0.29) is 24.7 Å². The van der Waals surface area contributed by atoms with E-state index >= 15 is 0 Å². The van der Waals surface area contributed by atoms with Crippen LogP contribution in [0.4, 0.5) is 0 Å². The van der Waals surface area contributed by atoms with Gasteiger partial charge in [0.05, 0.1) is 24.9 Å². The van der Waals surface area contributed by atoms with Crippen molar-refractivity contribution >= 4 is 17.5 Å². The Bertz CT molecular complexity index is 794. The molecular weight excluding hydrogens is 370 g/mol. The Morgan fingerprint density at radius 2 is 2.26 bits per heavy atom. The van der Waals surface area contributed by atoms with Crippen molar-refractivity contribution in [2.24, 2.45) is 0 Å². The molecule has 144 valence electrons. The molecule has 3 heterocycles. The van der Waals surface area contributed by atoms with E-state index in [2.05, 4.69) is 15.3 Å². The van der Waals surface area contributed by atoms with Gasteiger partial charge in [0.2, 0.25) is 11.8 Å². The number of hydrogen-bond acceptors (Lipinski definition) is 6. The van der Waals surface area contributed by atoms with E-state index in [1.165, 1.54) is 6.20 Å². The maximum Gasteiger partial charge on any atom is 0.253 e. The summed E-state index contributed by atoms with van der Waals surface area (Å²) < 4.78 is 16.6. The van der Waals surface area contributed by atoms with Crippen LogP contribution in [0.15, 0.2) is 30.6 Å². The third kappa shape index (κ3) is 5.30. The molecule has 0 saturated carbocycles. The lowest BCUT2D eigenvalue weighted by atomic mass is 10.2. The standard InChI is InChI=1S/C19H22ClN3O4/c1-12(2)26-18-13(4-3-6-21-18)9-22-17(24)14-8-16(20)19(23-10-14)27-15-5-7-25-11-15/h3-4,6,8,10,12,15H,5,7,9,11H2,1-2H3,(H,22,24). The zero-order valence-electron chi connectivity index (χ0n) is 15.3. The van der Waals surface area contributed by atoms with Crippen molar-refractivity contribution in [3.63, 3.8) is 0 Å². The summed E-state index contributed by atoms with van der Waals surface area (Å²) in [5, 5.41) is 3.12. The molecule has 1 amide bonds. The minimum Gasteiger partial charge on any atom is -0.475 e. The first kappa shape index (κ1) is 19.4. The summed E-state index contributed by atoms with van der Waals surface area (Å²) in [5.41, 5.74) is 1.14. The molecule has 0 spiro atoms. The number of rotatable bonds is 7. The second kappa shape index (κ2) is 9.01. The number of nitrogens with zero attached hydrogens (tertiary/aromatic N) is 2. The van der Waals surface area contributed by atoms with E-state index in [4.69, 9.17) is 25.8 Å². The van der Waals surface area contributed by atoms with Gasteiger partial charge in [-0.15, -0.1) is 0 Å². The normalized spacial score (nSPS) is 16.4. The van der Waals surface area contributed by atoms with E-state index in [0.717, 1.165) is 12.0 Å². The van der Waals surface area contributed by atoms with Gasteiger partial charge < -0.3 is 19.5 Å². The summed E-state index contributed by atoms with van der Waals surface area (Å²) in [6.07, 6.45) is 3.84. The molecule has 1 aliphatic heterocycles. The van der Waals surface area contributed by atoms with Crippen molar-refractivity contribution in [3.8, 4) is 11.8 Å². The van der Waals surface area contributed by atoms with Gasteiger partial charge in [-0.25, -0.2) is 9.97 Å². The Labute approximate surface area is 163 Å². The van der Waals surface area contributed by atoms with Gasteiger partial charge in [0.25, 0.3) is 5.91 Å². The number of amides is 1. The topological polar surface area (TPSA) is 82.6 Å². The molecule has 0 aromatic carbocycles. The Balaban J connectivity index is 1.62. The van der Waals surface area contributed by atoms with Crippen molar-refractivity contribution in [2.45, 2.75) is 39.0 Å². The summed E-state index contributed by atoms with van der Waals surface area (Å²) >= 11 is 6.21. The number of carbonyl (C=O) groups is 1. The van der Waals surface area contributed by atoms with Crippen molar-refractivity contribution in [2.75, 3.05) is 13.2 Å². The molecule has 1 aliphatic rings. The second-order valence-corrected chi connectivity index (χ2v) is 6.84. The molecule has 2 aromatic rings. The van der Waals surface area contributed by atoms with Gasteiger partial charge in [-0.2, -0.15) is 0 Å². The van der Waals surface area contributed by atoms with Crippen LogP contribution in [0.5, 0.6) is 11.8 Å². The summed E-state index contributed by atoms with van der Waals surface area (Å²) in [5.74, 6) is 0.523. The van der Waals surface area contributed by atoms with Gasteiger partial charge in [0, 0.05) is 30.9 Å². The molecule has 1 fully saturated rings. The summed E-state index contributed by atoms with van der Waals surface area (Å²) in [6, 6.07) is 5.20. The first-order chi connectivity index (χ1) is 13.0. The van der Waals surface area contributed by atoms with Crippen LogP contribution >= 0.6 is 11.6 Å². The van der Waals surface area contributed by atoms with Crippen LogP contribution in [0.2, 0.25) is 5.02 Å². The Morgan fingerprint density at radius 1 is 1.41 bits per heavy atom. The Morgan fingerprint density at radius 3 is 2.96 bits per heavy atom. The highest BCUT2D eigenvalue weighted by Crippen LogP contribution is 2.25. The molecule has 1 atom stereocenters. The first-order valence-corrected chi connectivity index (χ1v) is 9.19. The van der Waals surface area contributed by atoms with Gasteiger partial charge in [-0.05, 0) is 26.0 Å². The largest absolute Gasteiger partial charge is 0.475 e. The molecule has 1 N–H and O–H groups in total. The van der Waals surface area contributed by atoms with Crippen LogP contribution in [0.25, 0.3) is 0 Å². The average Bonchev–Trinajstić information content (AvgIpc) is 3.15. The van der Waals surface area contributed by atoms with Crippen LogP contribution in [0, 0.1) is 0 Å². The third-order valence-electron chi connectivity index (χ3n) is 3.87. The maximum atomic E-state index is 12.4. The van der Waals surface area contributed by atoms with Crippen LogP contribution in [-0.2, 0) is 11.3 Å². The Kier molecular flexibility index (Phi) is 6.47. The van der Waals surface area contributed by atoms with Crippen LogP contribution in [0.1, 0.15) is 36.2 Å². The fourth-order valence-corrected chi connectivity index (χ4v) is 2.78. The van der Waals surface area contributed by atoms with Crippen molar-refractivity contribution in [3.05, 3.63) is 46.7 Å².